The number of amides is 1. The first-order valence-corrected chi connectivity index (χ1v) is 9.81. The van der Waals surface area contributed by atoms with Crippen LogP contribution in [0.1, 0.15) is 15.5 Å². The van der Waals surface area contributed by atoms with E-state index in [1.165, 1.54) is 9.75 Å². The third kappa shape index (κ3) is 4.79. The van der Waals surface area contributed by atoms with E-state index in [-0.39, 0.29) is 5.91 Å². The van der Waals surface area contributed by atoms with Gasteiger partial charge in [-0.1, -0.05) is 12.1 Å². The predicted molar refractivity (Wildman–Crippen MR) is 103 cm³/mol. The molecule has 0 aliphatic heterocycles. The van der Waals surface area contributed by atoms with Gasteiger partial charge in [-0.3, -0.25) is 4.79 Å². The molecule has 0 radical (unpaired) electrons. The van der Waals surface area contributed by atoms with E-state index in [0.29, 0.717) is 18.8 Å². The second-order valence-corrected chi connectivity index (χ2v) is 7.96. The Labute approximate surface area is 156 Å². The van der Waals surface area contributed by atoms with Crippen LogP contribution in [0.2, 0.25) is 0 Å². The predicted octanol–water partition coefficient (Wildman–Crippen LogP) is 5.25. The van der Waals surface area contributed by atoms with Crippen molar-refractivity contribution >= 4 is 57.2 Å². The molecule has 0 N–H and O–H groups in total. The molecule has 3 rings (SSSR count). The van der Waals surface area contributed by atoms with Crippen molar-refractivity contribution in [1.82, 2.24) is 4.90 Å². The van der Waals surface area contributed by atoms with Gasteiger partial charge in [0.15, 0.2) is 3.77 Å². The van der Waals surface area contributed by atoms with Crippen LogP contribution in [0.15, 0.2) is 57.7 Å². The van der Waals surface area contributed by atoms with Crippen molar-refractivity contribution in [2.24, 2.45) is 0 Å². The summed E-state index contributed by atoms with van der Waals surface area (Å²) in [6.07, 6.45) is 3.30. The van der Waals surface area contributed by atoms with Gasteiger partial charge >= 0.3 is 0 Å². The van der Waals surface area contributed by atoms with E-state index >= 15 is 0 Å². The van der Waals surface area contributed by atoms with E-state index in [1.54, 1.807) is 34.8 Å². The molecular weight excluding hydrogens is 441 g/mol. The summed E-state index contributed by atoms with van der Waals surface area (Å²) in [7, 11) is 0. The van der Waals surface area contributed by atoms with Gasteiger partial charge in [-0.15, -0.1) is 22.7 Å². The quantitative estimate of drug-likeness (QED) is 0.376. The number of carbonyl (C=O) groups excluding carboxylic acids is 1. The highest BCUT2D eigenvalue weighted by atomic mass is 127. The van der Waals surface area contributed by atoms with E-state index in [2.05, 4.69) is 34.7 Å². The number of nitrogens with zero attached hydrogens (tertiary/aromatic N) is 1. The first-order chi connectivity index (χ1) is 11.2. The second-order valence-electron chi connectivity index (χ2n) is 4.83. The lowest BCUT2D eigenvalue weighted by molar-refractivity contribution is -0.127. The maximum atomic E-state index is 12.6. The fourth-order valence-electron chi connectivity index (χ4n) is 2.07. The van der Waals surface area contributed by atoms with Crippen molar-refractivity contribution in [3.05, 3.63) is 72.5 Å². The van der Waals surface area contributed by atoms with E-state index in [4.69, 9.17) is 4.42 Å². The molecule has 0 saturated heterocycles. The topological polar surface area (TPSA) is 33.5 Å². The number of carbonyl (C=O) groups is 1. The molecule has 118 valence electrons. The average Bonchev–Trinajstić information content (AvgIpc) is 3.27. The van der Waals surface area contributed by atoms with Gasteiger partial charge in [0.1, 0.15) is 5.76 Å². The van der Waals surface area contributed by atoms with Gasteiger partial charge in [0, 0.05) is 15.8 Å². The molecule has 0 atom stereocenters. The van der Waals surface area contributed by atoms with Gasteiger partial charge in [-0.2, -0.15) is 0 Å². The van der Waals surface area contributed by atoms with E-state index in [0.717, 1.165) is 3.77 Å². The summed E-state index contributed by atoms with van der Waals surface area (Å²) in [5.74, 6) is 0.674. The van der Waals surface area contributed by atoms with Gasteiger partial charge in [0.05, 0.1) is 13.1 Å². The van der Waals surface area contributed by atoms with Gasteiger partial charge in [-0.25, -0.2) is 0 Å². The van der Waals surface area contributed by atoms with E-state index in [9.17, 15) is 4.79 Å². The summed E-state index contributed by atoms with van der Waals surface area (Å²) in [6, 6.07) is 11.9. The Morgan fingerprint density at radius 1 is 1.09 bits per heavy atom. The Bertz CT molecular complexity index is 739. The molecular formula is C17H14INO2S2. The Hall–Kier alpha value is -1.38. The number of halogens is 1. The summed E-state index contributed by atoms with van der Waals surface area (Å²) < 4.78 is 6.27. The van der Waals surface area contributed by atoms with E-state index in [1.807, 2.05) is 39.9 Å². The number of thiophene rings is 2. The van der Waals surface area contributed by atoms with Crippen LogP contribution in [0.4, 0.5) is 0 Å². The summed E-state index contributed by atoms with van der Waals surface area (Å²) in [4.78, 5) is 16.8. The van der Waals surface area contributed by atoms with Gasteiger partial charge < -0.3 is 9.32 Å². The minimum atomic E-state index is -0.0155. The van der Waals surface area contributed by atoms with Crippen molar-refractivity contribution < 1.29 is 9.21 Å². The van der Waals surface area contributed by atoms with Crippen molar-refractivity contribution in [3.8, 4) is 0 Å². The van der Waals surface area contributed by atoms with Crippen LogP contribution >= 0.6 is 45.3 Å². The van der Waals surface area contributed by atoms with E-state index < -0.39 is 0 Å². The maximum absolute atomic E-state index is 12.6. The molecule has 0 aromatic carbocycles. The minimum Gasteiger partial charge on any atom is -0.451 e. The lowest BCUT2D eigenvalue weighted by Crippen LogP contribution is -2.27. The van der Waals surface area contributed by atoms with Gasteiger partial charge in [-0.05, 0) is 63.7 Å². The molecule has 0 spiro atoms. The van der Waals surface area contributed by atoms with Crippen molar-refractivity contribution in [3.63, 3.8) is 0 Å². The third-order valence-corrected chi connectivity index (χ3v) is 5.45. The lowest BCUT2D eigenvalue weighted by atomic mass is 10.3. The van der Waals surface area contributed by atoms with Crippen LogP contribution in [-0.4, -0.2) is 10.8 Å². The molecule has 0 saturated carbocycles. The Kier molecular flexibility index (Phi) is 5.69. The van der Waals surface area contributed by atoms with Crippen LogP contribution in [-0.2, 0) is 17.9 Å². The molecule has 1 amide bonds. The summed E-state index contributed by atoms with van der Waals surface area (Å²) in [6.45, 7) is 1.24. The van der Waals surface area contributed by atoms with Crippen LogP contribution < -0.4 is 0 Å². The normalized spacial score (nSPS) is 11.2. The zero-order valence-corrected chi connectivity index (χ0v) is 15.9. The van der Waals surface area contributed by atoms with Crippen LogP contribution in [0.3, 0.4) is 0 Å². The third-order valence-electron chi connectivity index (χ3n) is 3.15. The molecule has 3 aromatic rings. The fourth-order valence-corrected chi connectivity index (χ4v) is 3.94. The SMILES string of the molecule is O=C(/C=C\c1ccc(I)o1)N(Cc1cccs1)Cc1cccs1. The molecule has 0 aliphatic rings. The van der Waals surface area contributed by atoms with Gasteiger partial charge in [0.2, 0.25) is 5.91 Å². The number of furan rings is 1. The highest BCUT2D eigenvalue weighted by Crippen LogP contribution is 2.18. The second kappa shape index (κ2) is 7.94. The maximum Gasteiger partial charge on any atom is 0.247 e. The van der Waals surface area contributed by atoms with Crippen molar-refractivity contribution in [1.29, 1.82) is 0 Å². The first-order valence-electron chi connectivity index (χ1n) is 6.98. The highest BCUT2D eigenvalue weighted by molar-refractivity contribution is 14.1. The minimum absolute atomic E-state index is 0.0155. The van der Waals surface area contributed by atoms with Gasteiger partial charge in [0.25, 0.3) is 0 Å². The Morgan fingerprint density at radius 2 is 1.74 bits per heavy atom. The summed E-state index contributed by atoms with van der Waals surface area (Å²) in [5, 5.41) is 4.06. The largest absolute Gasteiger partial charge is 0.451 e. The number of hydrogen-bond acceptors (Lipinski definition) is 4. The lowest BCUT2D eigenvalue weighted by Gasteiger charge is -2.19. The van der Waals surface area contributed by atoms with Crippen molar-refractivity contribution in [2.75, 3.05) is 0 Å². The zero-order chi connectivity index (χ0) is 16.1. The monoisotopic (exact) mass is 455 g/mol. The Morgan fingerprint density at radius 3 is 2.22 bits per heavy atom. The molecule has 3 aromatic heterocycles. The van der Waals surface area contributed by atoms with Crippen LogP contribution in [0, 0.1) is 3.77 Å². The first kappa shape index (κ1) is 16.5. The molecule has 0 unspecified atom stereocenters. The molecule has 0 bridgehead atoms. The summed E-state index contributed by atoms with van der Waals surface area (Å²) in [5.41, 5.74) is 0. The van der Waals surface area contributed by atoms with Crippen LogP contribution in [0.5, 0.6) is 0 Å². The van der Waals surface area contributed by atoms with Crippen LogP contribution in [0.25, 0.3) is 6.08 Å². The molecule has 6 heteroatoms. The smallest absolute Gasteiger partial charge is 0.247 e. The highest BCUT2D eigenvalue weighted by Gasteiger charge is 2.13. The standard InChI is InChI=1S/C17H14INO2S2/c18-16-7-5-13(21-16)6-8-17(20)19(11-14-3-1-9-22-14)12-15-4-2-10-23-15/h1-10H,11-12H2/b8-6-. The fraction of sp³-hybridized carbons (Fsp3) is 0.118. The molecule has 23 heavy (non-hydrogen) atoms. The molecule has 0 fully saturated rings. The molecule has 3 heterocycles. The zero-order valence-electron chi connectivity index (χ0n) is 12.1. The molecule has 3 nitrogen and oxygen atoms in total. The Balaban J connectivity index is 1.73. The summed E-state index contributed by atoms with van der Waals surface area (Å²) >= 11 is 5.44. The number of hydrogen-bond donors (Lipinski definition) is 0. The number of rotatable bonds is 6. The average molecular weight is 455 g/mol. The molecule has 0 aliphatic carbocycles. The van der Waals surface area contributed by atoms with Crippen molar-refractivity contribution in [2.45, 2.75) is 13.1 Å².